The molecule has 2 bridgehead atoms. The summed E-state index contributed by atoms with van der Waals surface area (Å²) >= 11 is 0. The Hall–Kier alpha value is -2.02. The summed E-state index contributed by atoms with van der Waals surface area (Å²) in [6.45, 7) is 1.48. The van der Waals surface area contributed by atoms with Crippen LogP contribution >= 0.6 is 0 Å². The Morgan fingerprint density at radius 2 is 2.05 bits per heavy atom. The molecule has 0 N–H and O–H groups in total. The molecule has 4 nitrogen and oxygen atoms in total. The summed E-state index contributed by atoms with van der Waals surface area (Å²) in [4.78, 5) is 16.0. The molecule has 0 aliphatic carbocycles. The van der Waals surface area contributed by atoms with E-state index in [-0.39, 0.29) is 12.1 Å². The van der Waals surface area contributed by atoms with Crippen LogP contribution in [0.1, 0.15) is 18.4 Å². The summed E-state index contributed by atoms with van der Waals surface area (Å²) in [5.41, 5.74) is 1.25. The molecule has 98 valence electrons. The van der Waals surface area contributed by atoms with Gasteiger partial charge in [-0.1, -0.05) is 30.3 Å². The molecule has 3 rings (SSSR count). The van der Waals surface area contributed by atoms with E-state index in [0.29, 0.717) is 6.04 Å². The lowest BCUT2D eigenvalue weighted by atomic mass is 10.0. The van der Waals surface area contributed by atoms with Gasteiger partial charge in [-0.05, 0) is 24.8 Å². The van der Waals surface area contributed by atoms with Crippen molar-refractivity contribution in [3.05, 3.63) is 35.9 Å². The highest BCUT2D eigenvalue weighted by atomic mass is 16.2. The van der Waals surface area contributed by atoms with Crippen LogP contribution in [0.3, 0.4) is 0 Å². The molecule has 0 aromatic heterocycles. The number of benzene rings is 1. The summed E-state index contributed by atoms with van der Waals surface area (Å²) < 4.78 is 0. The maximum absolute atomic E-state index is 12.3. The highest BCUT2D eigenvalue weighted by molar-refractivity contribution is 5.78. The highest BCUT2D eigenvalue weighted by Crippen LogP contribution is 2.29. The zero-order valence-electron chi connectivity index (χ0n) is 10.8. The molecule has 2 aliphatic heterocycles. The summed E-state index contributed by atoms with van der Waals surface area (Å²) in [5.74, 6) is 0. The number of nitrogens with zero attached hydrogens (tertiary/aromatic N) is 3. The van der Waals surface area contributed by atoms with Crippen LogP contribution < -0.4 is 0 Å². The van der Waals surface area contributed by atoms with Crippen LogP contribution in [0.15, 0.2) is 30.3 Å². The zero-order valence-corrected chi connectivity index (χ0v) is 10.8. The van der Waals surface area contributed by atoms with E-state index in [9.17, 15) is 4.79 Å². The first-order valence-corrected chi connectivity index (χ1v) is 6.80. The molecular formula is C15H17N3O. The molecule has 2 atom stereocenters. The second kappa shape index (κ2) is 4.93. The van der Waals surface area contributed by atoms with Gasteiger partial charge in [-0.3, -0.25) is 0 Å². The van der Waals surface area contributed by atoms with E-state index in [2.05, 4.69) is 18.2 Å². The van der Waals surface area contributed by atoms with Crippen molar-refractivity contribution in [3.63, 3.8) is 0 Å². The van der Waals surface area contributed by atoms with Crippen molar-refractivity contribution < 1.29 is 4.79 Å². The molecule has 1 aromatic carbocycles. The number of hydrogen-bond acceptors (Lipinski definition) is 2. The minimum atomic E-state index is -0.217. The number of nitriles is 1. The predicted molar refractivity (Wildman–Crippen MR) is 71.4 cm³/mol. The van der Waals surface area contributed by atoms with Gasteiger partial charge in [0.2, 0.25) is 0 Å². The second-order valence-electron chi connectivity index (χ2n) is 5.24. The Labute approximate surface area is 113 Å². The Morgan fingerprint density at radius 3 is 2.79 bits per heavy atom. The first kappa shape index (κ1) is 12.0. The monoisotopic (exact) mass is 255 g/mol. The van der Waals surface area contributed by atoms with Crippen molar-refractivity contribution in [1.29, 1.82) is 5.26 Å². The van der Waals surface area contributed by atoms with Crippen LogP contribution in [0.2, 0.25) is 0 Å². The van der Waals surface area contributed by atoms with Crippen LogP contribution in [0, 0.1) is 11.3 Å². The molecule has 2 heterocycles. The fraction of sp³-hybridized carbons (Fsp3) is 0.467. The molecule has 2 aliphatic rings. The number of amides is 2. The molecule has 2 saturated heterocycles. The number of carbonyl (C=O) groups is 1. The lowest BCUT2D eigenvalue weighted by Gasteiger charge is -2.25. The predicted octanol–water partition coefficient (Wildman–Crippen LogP) is 2.02. The Morgan fingerprint density at radius 1 is 1.26 bits per heavy atom. The van der Waals surface area contributed by atoms with Crippen LogP contribution in [0.5, 0.6) is 0 Å². The summed E-state index contributed by atoms with van der Waals surface area (Å²) in [6, 6.07) is 12.6. The van der Waals surface area contributed by atoms with Crippen molar-refractivity contribution in [1.82, 2.24) is 9.80 Å². The molecule has 19 heavy (non-hydrogen) atoms. The van der Waals surface area contributed by atoms with Crippen LogP contribution in [0.4, 0.5) is 4.79 Å². The fourth-order valence-electron chi connectivity index (χ4n) is 3.05. The molecule has 1 aromatic rings. The fourth-order valence-corrected chi connectivity index (χ4v) is 3.05. The SMILES string of the molecule is N#C[C@@H]1CCC2CN1C(=O)N2CCc1ccccc1. The quantitative estimate of drug-likeness (QED) is 0.829. The molecule has 0 saturated carbocycles. The van der Waals surface area contributed by atoms with Gasteiger partial charge in [-0.25, -0.2) is 4.79 Å². The van der Waals surface area contributed by atoms with Gasteiger partial charge in [0, 0.05) is 13.1 Å². The summed E-state index contributed by atoms with van der Waals surface area (Å²) in [7, 11) is 0. The Kier molecular flexibility index (Phi) is 3.12. The number of hydrogen-bond donors (Lipinski definition) is 0. The van der Waals surface area contributed by atoms with Gasteiger partial charge >= 0.3 is 6.03 Å². The van der Waals surface area contributed by atoms with E-state index in [4.69, 9.17) is 5.26 Å². The van der Waals surface area contributed by atoms with E-state index in [1.165, 1.54) is 5.56 Å². The average molecular weight is 255 g/mol. The molecule has 0 spiro atoms. The van der Waals surface area contributed by atoms with Crippen LogP contribution in [0.25, 0.3) is 0 Å². The molecule has 1 unspecified atom stereocenters. The highest BCUT2D eigenvalue weighted by Gasteiger charge is 2.44. The van der Waals surface area contributed by atoms with Crippen LogP contribution in [-0.4, -0.2) is 41.0 Å². The third-order valence-corrected chi connectivity index (χ3v) is 4.12. The van der Waals surface area contributed by atoms with Gasteiger partial charge in [-0.2, -0.15) is 5.26 Å². The van der Waals surface area contributed by atoms with Gasteiger partial charge < -0.3 is 9.80 Å². The number of piperidine rings is 1. The first-order valence-electron chi connectivity index (χ1n) is 6.80. The van der Waals surface area contributed by atoms with E-state index < -0.39 is 0 Å². The van der Waals surface area contributed by atoms with Crippen molar-refractivity contribution in [2.75, 3.05) is 13.1 Å². The van der Waals surface area contributed by atoms with Gasteiger partial charge in [-0.15, -0.1) is 0 Å². The van der Waals surface area contributed by atoms with Crippen molar-refractivity contribution in [2.24, 2.45) is 0 Å². The smallest absolute Gasteiger partial charge is 0.320 e. The first-order chi connectivity index (χ1) is 9.29. The maximum Gasteiger partial charge on any atom is 0.321 e. The summed E-state index contributed by atoms with van der Waals surface area (Å²) in [6.07, 6.45) is 2.65. The average Bonchev–Trinajstić information content (AvgIpc) is 2.71. The van der Waals surface area contributed by atoms with Crippen molar-refractivity contribution >= 4 is 6.03 Å². The van der Waals surface area contributed by atoms with Gasteiger partial charge in [0.05, 0.1) is 12.1 Å². The normalized spacial score (nSPS) is 25.5. The summed E-state index contributed by atoms with van der Waals surface area (Å²) in [5, 5.41) is 9.06. The van der Waals surface area contributed by atoms with E-state index in [1.807, 2.05) is 23.1 Å². The third-order valence-electron chi connectivity index (χ3n) is 4.12. The largest absolute Gasteiger partial charge is 0.321 e. The Balaban J connectivity index is 1.66. The number of urea groups is 1. The number of rotatable bonds is 3. The van der Waals surface area contributed by atoms with Gasteiger partial charge in [0.15, 0.2) is 0 Å². The molecule has 2 amide bonds. The minimum absolute atomic E-state index is 0.0463. The van der Waals surface area contributed by atoms with Gasteiger partial charge in [0.25, 0.3) is 0 Å². The Bertz CT molecular complexity index is 508. The lowest BCUT2D eigenvalue weighted by Crippen LogP contribution is -2.38. The van der Waals surface area contributed by atoms with E-state index in [1.54, 1.807) is 4.90 Å². The molecule has 2 fully saturated rings. The molecular weight excluding hydrogens is 238 g/mol. The lowest BCUT2D eigenvalue weighted by molar-refractivity contribution is 0.188. The van der Waals surface area contributed by atoms with Crippen molar-refractivity contribution in [2.45, 2.75) is 31.3 Å². The molecule has 0 radical (unpaired) electrons. The van der Waals surface area contributed by atoms with Gasteiger partial charge in [0.1, 0.15) is 6.04 Å². The topological polar surface area (TPSA) is 47.3 Å². The molecule has 4 heteroatoms. The zero-order chi connectivity index (χ0) is 13.2. The standard InChI is InChI=1S/C15H17N3O/c16-10-13-6-7-14-11-18(13)15(19)17(14)9-8-12-4-2-1-3-5-12/h1-5,13-14H,6-9,11H2/t13-,14?/m0/s1. The van der Waals surface area contributed by atoms with E-state index in [0.717, 1.165) is 32.4 Å². The van der Waals surface area contributed by atoms with Crippen molar-refractivity contribution in [3.8, 4) is 6.07 Å². The van der Waals surface area contributed by atoms with Crippen LogP contribution in [-0.2, 0) is 6.42 Å². The number of fused-ring (bicyclic) bond motifs is 2. The third kappa shape index (κ3) is 2.17. The second-order valence-corrected chi connectivity index (χ2v) is 5.24. The minimum Gasteiger partial charge on any atom is -0.320 e. The maximum atomic E-state index is 12.3. The van der Waals surface area contributed by atoms with E-state index >= 15 is 0 Å². The number of carbonyl (C=O) groups excluding carboxylic acids is 1.